The minimum Gasteiger partial charge on any atom is -0.375 e. The first-order chi connectivity index (χ1) is 6.77. The van der Waals surface area contributed by atoms with E-state index >= 15 is 0 Å². The number of hydrogen-bond donors (Lipinski definition) is 2. The second kappa shape index (κ2) is 10.4. The highest BCUT2D eigenvalue weighted by atomic mass is 32.1. The smallest absolute Gasteiger partial charge is 0.184 e. The molecule has 0 amide bonds. The van der Waals surface area contributed by atoms with Crippen LogP contribution in [-0.4, -0.2) is 11.3 Å². The summed E-state index contributed by atoms with van der Waals surface area (Å²) in [5.41, 5.74) is 7.73. The molecule has 0 bridgehead atoms. The molecular formula is C10H21N3S. The molecule has 0 atom stereocenters. The van der Waals surface area contributed by atoms with Gasteiger partial charge in [0.1, 0.15) is 0 Å². The highest BCUT2D eigenvalue weighted by Crippen LogP contribution is 2.05. The Balaban J connectivity index is 3.05. The number of hydrogen-bond acceptors (Lipinski definition) is 2. The van der Waals surface area contributed by atoms with Gasteiger partial charge in [0, 0.05) is 6.21 Å². The molecule has 3 nitrogen and oxygen atoms in total. The Hall–Kier alpha value is -0.640. The van der Waals surface area contributed by atoms with Crippen LogP contribution >= 0.6 is 12.2 Å². The zero-order chi connectivity index (χ0) is 10.6. The van der Waals surface area contributed by atoms with E-state index in [0.717, 1.165) is 6.42 Å². The first-order valence-corrected chi connectivity index (χ1v) is 5.75. The van der Waals surface area contributed by atoms with Gasteiger partial charge >= 0.3 is 0 Å². The first-order valence-electron chi connectivity index (χ1n) is 5.34. The summed E-state index contributed by atoms with van der Waals surface area (Å²) in [7, 11) is 0. The van der Waals surface area contributed by atoms with Crippen LogP contribution in [0.15, 0.2) is 5.10 Å². The van der Waals surface area contributed by atoms with Crippen LogP contribution in [0.25, 0.3) is 0 Å². The van der Waals surface area contributed by atoms with Crippen LogP contribution in [0.3, 0.4) is 0 Å². The Bertz CT molecular complexity index is 169. The van der Waals surface area contributed by atoms with Crippen LogP contribution in [0, 0.1) is 0 Å². The van der Waals surface area contributed by atoms with E-state index < -0.39 is 0 Å². The van der Waals surface area contributed by atoms with Gasteiger partial charge in [-0.2, -0.15) is 5.10 Å². The van der Waals surface area contributed by atoms with Gasteiger partial charge in [-0.15, -0.1) is 0 Å². The Labute approximate surface area is 92.1 Å². The van der Waals surface area contributed by atoms with Gasteiger partial charge in [0.15, 0.2) is 5.11 Å². The van der Waals surface area contributed by atoms with Gasteiger partial charge in [0.2, 0.25) is 0 Å². The van der Waals surface area contributed by atoms with Crippen molar-refractivity contribution >= 4 is 23.5 Å². The summed E-state index contributed by atoms with van der Waals surface area (Å²) in [6.45, 7) is 2.23. The van der Waals surface area contributed by atoms with Crippen molar-refractivity contribution in [1.82, 2.24) is 5.43 Å². The minimum absolute atomic E-state index is 0.226. The maximum absolute atomic E-state index is 5.19. The van der Waals surface area contributed by atoms with E-state index in [1.54, 1.807) is 0 Å². The number of thiocarbonyl (C=S) groups is 1. The van der Waals surface area contributed by atoms with Crippen molar-refractivity contribution < 1.29 is 0 Å². The Morgan fingerprint density at radius 3 is 2.57 bits per heavy atom. The topological polar surface area (TPSA) is 50.4 Å². The van der Waals surface area contributed by atoms with Gasteiger partial charge in [0.05, 0.1) is 0 Å². The Morgan fingerprint density at radius 2 is 1.93 bits per heavy atom. The average molecular weight is 215 g/mol. The fraction of sp³-hybridized carbons (Fsp3) is 0.800. The molecule has 0 radical (unpaired) electrons. The van der Waals surface area contributed by atoms with Crippen molar-refractivity contribution in [1.29, 1.82) is 0 Å². The molecule has 0 saturated carbocycles. The molecule has 82 valence electrons. The van der Waals surface area contributed by atoms with E-state index in [1.807, 2.05) is 6.21 Å². The second-order valence-electron chi connectivity index (χ2n) is 3.34. The molecule has 0 aromatic rings. The van der Waals surface area contributed by atoms with E-state index in [2.05, 4.69) is 29.7 Å². The number of nitrogens with two attached hydrogens (primary N) is 1. The highest BCUT2D eigenvalue weighted by molar-refractivity contribution is 7.80. The number of nitrogens with zero attached hydrogens (tertiary/aromatic N) is 1. The monoisotopic (exact) mass is 215 g/mol. The largest absolute Gasteiger partial charge is 0.375 e. The molecule has 4 heteroatoms. The lowest BCUT2D eigenvalue weighted by Gasteiger charge is -1.97. The molecule has 0 aliphatic heterocycles. The average Bonchev–Trinajstić information content (AvgIpc) is 2.15. The van der Waals surface area contributed by atoms with Crippen molar-refractivity contribution in [3.8, 4) is 0 Å². The molecule has 0 aromatic carbocycles. The van der Waals surface area contributed by atoms with Crippen molar-refractivity contribution in [2.75, 3.05) is 0 Å². The third-order valence-corrected chi connectivity index (χ3v) is 2.04. The summed E-state index contributed by atoms with van der Waals surface area (Å²) < 4.78 is 0. The molecule has 0 spiro atoms. The van der Waals surface area contributed by atoms with E-state index in [-0.39, 0.29) is 5.11 Å². The third-order valence-electron chi connectivity index (χ3n) is 1.95. The van der Waals surface area contributed by atoms with Gasteiger partial charge in [-0.3, -0.25) is 5.43 Å². The van der Waals surface area contributed by atoms with Crippen molar-refractivity contribution in [2.45, 2.75) is 51.9 Å². The van der Waals surface area contributed by atoms with Gasteiger partial charge in [0.25, 0.3) is 0 Å². The number of hydrazone groups is 1. The second-order valence-corrected chi connectivity index (χ2v) is 3.78. The molecule has 0 heterocycles. The normalized spacial score (nSPS) is 10.6. The molecule has 0 rings (SSSR count). The van der Waals surface area contributed by atoms with Crippen LogP contribution in [0.1, 0.15) is 51.9 Å². The molecule has 0 aliphatic rings. The zero-order valence-electron chi connectivity index (χ0n) is 8.96. The third kappa shape index (κ3) is 11.4. The molecular weight excluding hydrogens is 194 g/mol. The SMILES string of the molecule is CCCCCCCC/C=N/NC(N)=S. The van der Waals surface area contributed by atoms with Gasteiger partial charge in [-0.25, -0.2) is 0 Å². The van der Waals surface area contributed by atoms with Crippen LogP contribution in [0.5, 0.6) is 0 Å². The van der Waals surface area contributed by atoms with Crippen LogP contribution in [0.4, 0.5) is 0 Å². The summed E-state index contributed by atoms with van der Waals surface area (Å²) in [6, 6.07) is 0. The van der Waals surface area contributed by atoms with E-state index in [0.29, 0.717) is 0 Å². The predicted molar refractivity (Wildman–Crippen MR) is 66.4 cm³/mol. The first kappa shape index (κ1) is 13.4. The van der Waals surface area contributed by atoms with E-state index in [9.17, 15) is 0 Å². The molecule has 0 saturated heterocycles. The summed E-state index contributed by atoms with van der Waals surface area (Å²) >= 11 is 4.60. The summed E-state index contributed by atoms with van der Waals surface area (Å²) in [6.07, 6.45) is 10.7. The molecule has 0 aliphatic carbocycles. The van der Waals surface area contributed by atoms with Crippen molar-refractivity contribution in [3.05, 3.63) is 0 Å². The van der Waals surface area contributed by atoms with Gasteiger partial charge in [-0.1, -0.05) is 39.0 Å². The molecule has 0 unspecified atom stereocenters. The summed E-state index contributed by atoms with van der Waals surface area (Å²) in [5, 5.41) is 4.09. The van der Waals surface area contributed by atoms with Crippen molar-refractivity contribution in [2.24, 2.45) is 10.8 Å². The summed E-state index contributed by atoms with van der Waals surface area (Å²) in [5.74, 6) is 0. The Kier molecular flexibility index (Phi) is 9.96. The van der Waals surface area contributed by atoms with Gasteiger partial charge < -0.3 is 5.73 Å². The minimum atomic E-state index is 0.226. The quantitative estimate of drug-likeness (QED) is 0.283. The highest BCUT2D eigenvalue weighted by Gasteiger charge is 1.88. The molecule has 3 N–H and O–H groups in total. The number of nitrogens with one attached hydrogen (secondary N) is 1. The maximum atomic E-state index is 5.19. The lowest BCUT2D eigenvalue weighted by molar-refractivity contribution is 0.616. The van der Waals surface area contributed by atoms with Crippen molar-refractivity contribution in [3.63, 3.8) is 0 Å². The summed E-state index contributed by atoms with van der Waals surface area (Å²) in [4.78, 5) is 0. The molecule has 0 fully saturated rings. The van der Waals surface area contributed by atoms with Crippen LogP contribution < -0.4 is 11.2 Å². The molecule has 14 heavy (non-hydrogen) atoms. The van der Waals surface area contributed by atoms with Crippen LogP contribution in [-0.2, 0) is 0 Å². The molecule has 0 aromatic heterocycles. The predicted octanol–water partition coefficient (Wildman–Crippen LogP) is 2.56. The standard InChI is InChI=1S/C10H21N3S/c1-2-3-4-5-6-7-8-9-12-13-10(11)14/h9H,2-8H2,1H3,(H3,11,13,14)/b12-9+. The number of unbranched alkanes of at least 4 members (excludes halogenated alkanes) is 6. The zero-order valence-corrected chi connectivity index (χ0v) is 9.78. The lowest BCUT2D eigenvalue weighted by Crippen LogP contribution is -2.23. The van der Waals surface area contributed by atoms with Crippen LogP contribution in [0.2, 0.25) is 0 Å². The van der Waals surface area contributed by atoms with Gasteiger partial charge in [-0.05, 0) is 25.1 Å². The van der Waals surface area contributed by atoms with E-state index in [1.165, 1.54) is 38.5 Å². The fourth-order valence-electron chi connectivity index (χ4n) is 1.19. The maximum Gasteiger partial charge on any atom is 0.184 e. The Morgan fingerprint density at radius 1 is 1.29 bits per heavy atom. The number of rotatable bonds is 8. The van der Waals surface area contributed by atoms with E-state index in [4.69, 9.17) is 5.73 Å². The fourth-order valence-corrected chi connectivity index (χ4v) is 1.24. The lowest BCUT2D eigenvalue weighted by atomic mass is 10.1.